The molecule has 2 heterocycles. The van der Waals surface area contributed by atoms with Crippen LogP contribution in [0.15, 0.2) is 30.6 Å². The Morgan fingerprint density at radius 1 is 1.12 bits per heavy atom. The smallest absolute Gasteiger partial charge is 0.227 e. The van der Waals surface area contributed by atoms with E-state index < -0.39 is 0 Å². The van der Waals surface area contributed by atoms with E-state index in [0.717, 1.165) is 55.7 Å². The molecule has 0 bridgehead atoms. The van der Waals surface area contributed by atoms with Crippen LogP contribution in [0.4, 0.5) is 5.69 Å². The maximum absolute atomic E-state index is 12.3. The Labute approximate surface area is 152 Å². The molecule has 2 aromatic rings. The molecule has 0 spiro atoms. The molecule has 4 rings (SSSR count). The van der Waals surface area contributed by atoms with Crippen molar-refractivity contribution in [2.45, 2.75) is 51.1 Å². The number of rotatable bonds is 5. The summed E-state index contributed by atoms with van der Waals surface area (Å²) in [6, 6.07) is 7.69. The lowest BCUT2D eigenvalue weighted by Gasteiger charge is -2.16. The first-order valence-electron chi connectivity index (χ1n) is 9.23. The van der Waals surface area contributed by atoms with Crippen LogP contribution in [0, 0.1) is 5.92 Å². The van der Waals surface area contributed by atoms with E-state index in [-0.39, 0.29) is 23.8 Å². The zero-order valence-corrected chi connectivity index (χ0v) is 14.6. The molecule has 0 radical (unpaired) electrons. The third-order valence-electron chi connectivity index (χ3n) is 5.03. The second kappa shape index (κ2) is 7.27. The number of amides is 2. The number of nitrogens with zero attached hydrogens (tertiary/aromatic N) is 3. The number of fused-ring (bicyclic) bond motifs is 1. The van der Waals surface area contributed by atoms with E-state index in [1.54, 1.807) is 6.33 Å². The first-order chi connectivity index (χ1) is 12.7. The van der Waals surface area contributed by atoms with Crippen molar-refractivity contribution in [3.63, 3.8) is 0 Å². The highest BCUT2D eigenvalue weighted by molar-refractivity contribution is 5.94. The second-order valence-electron chi connectivity index (χ2n) is 7.17. The van der Waals surface area contributed by atoms with Gasteiger partial charge in [-0.15, -0.1) is 10.2 Å². The van der Waals surface area contributed by atoms with Crippen LogP contribution in [0.3, 0.4) is 0 Å². The summed E-state index contributed by atoms with van der Waals surface area (Å²) < 4.78 is 2.06. The Morgan fingerprint density at radius 3 is 2.69 bits per heavy atom. The van der Waals surface area contributed by atoms with Gasteiger partial charge in [0.15, 0.2) is 0 Å². The average molecular weight is 353 g/mol. The molecule has 7 nitrogen and oxygen atoms in total. The monoisotopic (exact) mass is 353 g/mol. The number of hydrogen-bond donors (Lipinski definition) is 2. The molecule has 1 aliphatic heterocycles. The fourth-order valence-electron chi connectivity index (χ4n) is 3.31. The molecule has 1 atom stereocenters. The molecule has 26 heavy (non-hydrogen) atoms. The maximum atomic E-state index is 12.3. The summed E-state index contributed by atoms with van der Waals surface area (Å²) in [5, 5.41) is 14.1. The fraction of sp³-hybridized carbons (Fsp3) is 0.474. The van der Waals surface area contributed by atoms with Crippen molar-refractivity contribution >= 4 is 17.5 Å². The molecule has 1 saturated carbocycles. The van der Waals surface area contributed by atoms with Crippen LogP contribution in [0.1, 0.15) is 37.1 Å². The quantitative estimate of drug-likeness (QED) is 0.856. The van der Waals surface area contributed by atoms with Gasteiger partial charge in [0.05, 0.1) is 6.42 Å². The van der Waals surface area contributed by atoms with Crippen LogP contribution in [-0.4, -0.2) is 32.6 Å². The van der Waals surface area contributed by atoms with E-state index in [2.05, 4.69) is 25.4 Å². The number of anilines is 1. The van der Waals surface area contributed by atoms with Crippen molar-refractivity contribution in [2.75, 3.05) is 5.32 Å². The van der Waals surface area contributed by atoms with Gasteiger partial charge < -0.3 is 15.2 Å². The molecule has 2 aliphatic rings. The first-order valence-corrected chi connectivity index (χ1v) is 9.23. The van der Waals surface area contributed by atoms with Crippen molar-refractivity contribution in [1.82, 2.24) is 20.1 Å². The van der Waals surface area contributed by atoms with Gasteiger partial charge >= 0.3 is 0 Å². The van der Waals surface area contributed by atoms with Crippen molar-refractivity contribution in [2.24, 2.45) is 5.92 Å². The highest BCUT2D eigenvalue weighted by Crippen LogP contribution is 2.30. The van der Waals surface area contributed by atoms with Crippen molar-refractivity contribution in [3.05, 3.63) is 42.0 Å². The van der Waals surface area contributed by atoms with Crippen LogP contribution in [-0.2, 0) is 29.0 Å². The topological polar surface area (TPSA) is 88.9 Å². The number of carbonyl (C=O) groups excluding carboxylic acids is 2. The lowest BCUT2D eigenvalue weighted by atomic mass is 10.1. The number of aryl methyl sites for hydroxylation is 2. The van der Waals surface area contributed by atoms with Gasteiger partial charge in [0.2, 0.25) is 11.8 Å². The predicted molar refractivity (Wildman–Crippen MR) is 96.4 cm³/mol. The summed E-state index contributed by atoms with van der Waals surface area (Å²) in [4.78, 5) is 24.1. The van der Waals surface area contributed by atoms with Gasteiger partial charge in [-0.2, -0.15) is 0 Å². The van der Waals surface area contributed by atoms with E-state index in [0.29, 0.717) is 6.42 Å². The number of nitrogens with one attached hydrogen (secondary N) is 2. The standard InChI is InChI=1S/C19H23N5O2/c25-18(21-16-7-8-17-23-20-12-24(17)10-9-16)11-13-1-5-15(6-2-13)22-19(26)14-3-4-14/h1-2,5-6,12,14,16H,3-4,7-11H2,(H,21,25)(H,22,26). The number of benzene rings is 1. The molecule has 2 N–H and O–H groups in total. The van der Waals surface area contributed by atoms with E-state index >= 15 is 0 Å². The van der Waals surface area contributed by atoms with E-state index in [4.69, 9.17) is 0 Å². The summed E-state index contributed by atoms with van der Waals surface area (Å²) in [7, 11) is 0. The van der Waals surface area contributed by atoms with E-state index in [1.807, 2.05) is 24.3 Å². The fourth-order valence-corrected chi connectivity index (χ4v) is 3.31. The summed E-state index contributed by atoms with van der Waals surface area (Å²) in [5.41, 5.74) is 1.73. The van der Waals surface area contributed by atoms with Crippen LogP contribution in [0.25, 0.3) is 0 Å². The number of carbonyl (C=O) groups is 2. The molecule has 1 aromatic heterocycles. The van der Waals surface area contributed by atoms with Crippen LogP contribution >= 0.6 is 0 Å². The Morgan fingerprint density at radius 2 is 1.92 bits per heavy atom. The van der Waals surface area contributed by atoms with Gasteiger partial charge in [-0.3, -0.25) is 9.59 Å². The van der Waals surface area contributed by atoms with Crippen molar-refractivity contribution < 1.29 is 9.59 Å². The second-order valence-corrected chi connectivity index (χ2v) is 7.17. The van der Waals surface area contributed by atoms with E-state index in [9.17, 15) is 9.59 Å². The van der Waals surface area contributed by atoms with Crippen molar-refractivity contribution in [3.8, 4) is 0 Å². The summed E-state index contributed by atoms with van der Waals surface area (Å²) in [6.07, 6.45) is 6.69. The Balaban J connectivity index is 1.26. The van der Waals surface area contributed by atoms with Gasteiger partial charge in [-0.05, 0) is 43.4 Å². The molecule has 1 aromatic carbocycles. The predicted octanol–water partition coefficient (Wildman–Crippen LogP) is 1.69. The van der Waals surface area contributed by atoms with Gasteiger partial charge in [0, 0.05) is 30.6 Å². The minimum absolute atomic E-state index is 0.0300. The minimum Gasteiger partial charge on any atom is -0.353 e. The molecule has 7 heteroatoms. The Bertz CT molecular complexity index is 772. The molecular weight excluding hydrogens is 330 g/mol. The van der Waals surface area contributed by atoms with E-state index in [1.165, 1.54) is 0 Å². The molecule has 2 amide bonds. The molecule has 1 aliphatic carbocycles. The van der Waals surface area contributed by atoms with Crippen molar-refractivity contribution in [1.29, 1.82) is 0 Å². The maximum Gasteiger partial charge on any atom is 0.227 e. The lowest BCUT2D eigenvalue weighted by Crippen LogP contribution is -2.36. The molecule has 136 valence electrons. The van der Waals surface area contributed by atoms with Gasteiger partial charge in [0.1, 0.15) is 12.2 Å². The van der Waals surface area contributed by atoms with Gasteiger partial charge in [-0.1, -0.05) is 12.1 Å². The molecule has 1 unspecified atom stereocenters. The van der Waals surface area contributed by atoms with Gasteiger partial charge in [0.25, 0.3) is 0 Å². The van der Waals surface area contributed by atoms with Crippen LogP contribution in [0.2, 0.25) is 0 Å². The summed E-state index contributed by atoms with van der Waals surface area (Å²) in [6.45, 7) is 0.836. The number of hydrogen-bond acceptors (Lipinski definition) is 4. The first kappa shape index (κ1) is 16.8. The Kier molecular flexibility index (Phi) is 4.69. The third-order valence-corrected chi connectivity index (χ3v) is 5.03. The highest BCUT2D eigenvalue weighted by atomic mass is 16.2. The van der Waals surface area contributed by atoms with Crippen LogP contribution < -0.4 is 10.6 Å². The summed E-state index contributed by atoms with van der Waals surface area (Å²) >= 11 is 0. The largest absolute Gasteiger partial charge is 0.353 e. The molecule has 1 fully saturated rings. The molecule has 0 saturated heterocycles. The zero-order chi connectivity index (χ0) is 17.9. The Hall–Kier alpha value is -2.70. The average Bonchev–Trinajstić information content (AvgIpc) is 3.42. The third kappa shape index (κ3) is 4.09. The molecular formula is C19H23N5O2. The van der Waals surface area contributed by atoms with Gasteiger partial charge in [-0.25, -0.2) is 0 Å². The SMILES string of the molecule is O=C(Cc1ccc(NC(=O)C2CC2)cc1)NC1CCc2nncn2CC1. The number of aromatic nitrogens is 3. The minimum atomic E-state index is 0.0300. The normalized spacial score (nSPS) is 19.3. The highest BCUT2D eigenvalue weighted by Gasteiger charge is 2.29. The summed E-state index contributed by atoms with van der Waals surface area (Å²) in [5.74, 6) is 1.31. The zero-order valence-electron chi connectivity index (χ0n) is 14.6. The lowest BCUT2D eigenvalue weighted by molar-refractivity contribution is -0.121. The van der Waals surface area contributed by atoms with Crippen LogP contribution in [0.5, 0.6) is 0 Å².